The van der Waals surface area contributed by atoms with Crippen molar-refractivity contribution in [1.82, 2.24) is 15.1 Å². The molecule has 0 unspecified atom stereocenters. The van der Waals surface area contributed by atoms with Crippen LogP contribution < -0.4 is 5.32 Å². The lowest BCUT2D eigenvalue weighted by atomic mass is 9.98. The molecule has 2 amide bonds. The second-order valence-corrected chi connectivity index (χ2v) is 13.4. The predicted molar refractivity (Wildman–Crippen MR) is 160 cm³/mol. The standard InChI is InChI=1S/C32H37F2N3O5S/c1-5-21-6-7-23-18-43(41,42)19-30(29(23)12-21)35-15-28(38)17-37(16-22-10-26(33)14-27(34)11-22)32(40)25-9-20(2)8-24(13-25)31(39)36(3)4/h6-14,28,30,35,38H,5,15-19H2,1-4H3/t28-,30+/m1/s1. The van der Waals surface area contributed by atoms with Gasteiger partial charge >= 0.3 is 0 Å². The molecule has 2 atom stereocenters. The first-order valence-corrected chi connectivity index (χ1v) is 15.9. The summed E-state index contributed by atoms with van der Waals surface area (Å²) < 4.78 is 53.2. The number of nitrogens with zero attached hydrogens (tertiary/aromatic N) is 2. The molecule has 11 heteroatoms. The van der Waals surface area contributed by atoms with Crippen molar-refractivity contribution in [3.05, 3.63) is 105 Å². The third-order valence-corrected chi connectivity index (χ3v) is 8.97. The molecule has 43 heavy (non-hydrogen) atoms. The van der Waals surface area contributed by atoms with Crippen molar-refractivity contribution in [2.45, 2.75) is 44.7 Å². The number of hydrogen-bond acceptors (Lipinski definition) is 6. The lowest BCUT2D eigenvalue weighted by Gasteiger charge is -2.30. The van der Waals surface area contributed by atoms with Gasteiger partial charge in [0.05, 0.1) is 17.6 Å². The van der Waals surface area contributed by atoms with Crippen molar-refractivity contribution in [3.8, 4) is 0 Å². The summed E-state index contributed by atoms with van der Waals surface area (Å²) in [5.74, 6) is -2.62. The summed E-state index contributed by atoms with van der Waals surface area (Å²) in [5, 5.41) is 14.2. The maximum absolute atomic E-state index is 14.0. The van der Waals surface area contributed by atoms with Gasteiger partial charge in [0, 0.05) is 57.0 Å². The molecule has 0 aliphatic carbocycles. The third kappa shape index (κ3) is 8.25. The Balaban J connectivity index is 1.58. The Morgan fingerprint density at radius 2 is 1.63 bits per heavy atom. The number of aryl methyl sites for hydroxylation is 2. The number of rotatable bonds is 10. The molecule has 0 spiro atoms. The van der Waals surface area contributed by atoms with E-state index in [1.165, 1.54) is 15.9 Å². The van der Waals surface area contributed by atoms with E-state index >= 15 is 0 Å². The zero-order valence-corrected chi connectivity index (χ0v) is 25.5. The Kier molecular flexibility index (Phi) is 9.99. The van der Waals surface area contributed by atoms with Gasteiger partial charge in [-0.3, -0.25) is 9.59 Å². The fraction of sp³-hybridized carbons (Fsp3) is 0.375. The van der Waals surface area contributed by atoms with Crippen molar-refractivity contribution in [2.75, 3.05) is 32.9 Å². The lowest BCUT2D eigenvalue weighted by molar-refractivity contribution is 0.0600. The van der Waals surface area contributed by atoms with Gasteiger partial charge < -0.3 is 20.2 Å². The van der Waals surface area contributed by atoms with Gasteiger partial charge in [-0.25, -0.2) is 17.2 Å². The molecule has 1 heterocycles. The van der Waals surface area contributed by atoms with Gasteiger partial charge in [-0.1, -0.05) is 25.1 Å². The van der Waals surface area contributed by atoms with Crippen molar-refractivity contribution in [2.24, 2.45) is 0 Å². The fourth-order valence-corrected chi connectivity index (χ4v) is 7.00. The largest absolute Gasteiger partial charge is 0.390 e. The van der Waals surface area contributed by atoms with Crippen molar-refractivity contribution in [1.29, 1.82) is 0 Å². The Morgan fingerprint density at radius 1 is 0.977 bits per heavy atom. The highest BCUT2D eigenvalue weighted by atomic mass is 32.2. The van der Waals surface area contributed by atoms with Crippen LogP contribution in [0.2, 0.25) is 0 Å². The maximum Gasteiger partial charge on any atom is 0.254 e. The number of carbonyl (C=O) groups excluding carboxylic acids is 2. The van der Waals surface area contributed by atoms with Gasteiger partial charge in [0.25, 0.3) is 11.8 Å². The van der Waals surface area contributed by atoms with Crippen LogP contribution in [0.15, 0.2) is 54.6 Å². The summed E-state index contributed by atoms with van der Waals surface area (Å²) in [4.78, 5) is 29.1. The van der Waals surface area contributed by atoms with E-state index in [0.717, 1.165) is 35.7 Å². The second-order valence-electron chi connectivity index (χ2n) is 11.3. The average molecular weight is 614 g/mol. The first-order chi connectivity index (χ1) is 20.2. The number of aliphatic hydroxyl groups excluding tert-OH is 1. The number of aliphatic hydroxyl groups is 1. The summed E-state index contributed by atoms with van der Waals surface area (Å²) in [6.45, 7) is 3.27. The van der Waals surface area contributed by atoms with E-state index in [4.69, 9.17) is 0 Å². The highest BCUT2D eigenvalue weighted by Crippen LogP contribution is 2.29. The van der Waals surface area contributed by atoms with E-state index in [1.54, 1.807) is 33.2 Å². The second kappa shape index (κ2) is 13.3. The molecule has 8 nitrogen and oxygen atoms in total. The van der Waals surface area contributed by atoms with Crippen LogP contribution in [0.5, 0.6) is 0 Å². The van der Waals surface area contributed by atoms with E-state index in [2.05, 4.69) is 5.32 Å². The van der Waals surface area contributed by atoms with Crippen molar-refractivity contribution >= 4 is 21.7 Å². The molecule has 0 saturated heterocycles. The molecule has 2 N–H and O–H groups in total. The van der Waals surface area contributed by atoms with Crippen LogP contribution in [-0.4, -0.2) is 74.2 Å². The van der Waals surface area contributed by atoms with E-state index in [-0.39, 0.29) is 48.2 Å². The molecule has 0 bridgehead atoms. The molecule has 1 aliphatic rings. The Hall–Kier alpha value is -3.67. The fourth-order valence-electron chi connectivity index (χ4n) is 5.34. The Labute approximate surface area is 251 Å². The van der Waals surface area contributed by atoms with Gasteiger partial charge in [-0.2, -0.15) is 0 Å². The van der Waals surface area contributed by atoms with Crippen LogP contribution in [0.3, 0.4) is 0 Å². The molecular weight excluding hydrogens is 576 g/mol. The minimum absolute atomic E-state index is 0.0462. The van der Waals surface area contributed by atoms with Gasteiger partial charge in [0.2, 0.25) is 0 Å². The zero-order chi connectivity index (χ0) is 31.5. The lowest BCUT2D eigenvalue weighted by Crippen LogP contribution is -2.43. The van der Waals surface area contributed by atoms with Crippen LogP contribution in [0.1, 0.15) is 61.5 Å². The normalized spacial score (nSPS) is 16.3. The molecule has 3 aromatic carbocycles. The Morgan fingerprint density at radius 3 is 2.26 bits per heavy atom. The first kappa shape index (κ1) is 32.2. The number of benzene rings is 3. The van der Waals surface area contributed by atoms with E-state index in [1.807, 2.05) is 25.1 Å². The highest BCUT2D eigenvalue weighted by Gasteiger charge is 2.30. The topological polar surface area (TPSA) is 107 Å². The SMILES string of the molecule is CCc1ccc2c(c1)[C@@H](NC[C@@H](O)CN(Cc1cc(F)cc(F)c1)C(=O)c1cc(C)cc(C(=O)N(C)C)c1)CS(=O)(=O)C2. The van der Waals surface area contributed by atoms with Gasteiger partial charge in [-0.05, 0) is 71.5 Å². The molecule has 1 aliphatic heterocycles. The minimum Gasteiger partial charge on any atom is -0.390 e. The van der Waals surface area contributed by atoms with Crippen LogP contribution in [-0.2, 0) is 28.6 Å². The van der Waals surface area contributed by atoms with Crippen molar-refractivity contribution in [3.63, 3.8) is 0 Å². The van der Waals surface area contributed by atoms with Gasteiger partial charge in [0.1, 0.15) is 11.6 Å². The number of nitrogens with one attached hydrogen (secondary N) is 1. The van der Waals surface area contributed by atoms with Crippen molar-refractivity contribution < 1.29 is 31.9 Å². The summed E-state index contributed by atoms with van der Waals surface area (Å²) in [6, 6.07) is 12.8. The zero-order valence-electron chi connectivity index (χ0n) is 24.7. The average Bonchev–Trinajstić information content (AvgIpc) is 2.93. The molecule has 0 aromatic heterocycles. The molecular formula is C32H37F2N3O5S. The first-order valence-electron chi connectivity index (χ1n) is 14.1. The number of sulfone groups is 1. The molecule has 0 saturated carbocycles. The van der Waals surface area contributed by atoms with E-state index < -0.39 is 39.5 Å². The summed E-state index contributed by atoms with van der Waals surface area (Å²) in [6.07, 6.45) is -0.369. The van der Waals surface area contributed by atoms with Crippen LogP contribution in [0, 0.1) is 18.6 Å². The smallest absolute Gasteiger partial charge is 0.254 e. The predicted octanol–water partition coefficient (Wildman–Crippen LogP) is 3.80. The molecule has 4 rings (SSSR count). The molecule has 230 valence electrons. The molecule has 0 radical (unpaired) electrons. The highest BCUT2D eigenvalue weighted by molar-refractivity contribution is 7.90. The van der Waals surface area contributed by atoms with Crippen LogP contribution >= 0.6 is 0 Å². The Bertz CT molecular complexity index is 1610. The maximum atomic E-state index is 14.0. The van der Waals surface area contributed by atoms with Gasteiger partial charge in [-0.15, -0.1) is 0 Å². The number of halogens is 2. The monoisotopic (exact) mass is 613 g/mol. The summed E-state index contributed by atoms with van der Waals surface area (Å²) >= 11 is 0. The van der Waals surface area contributed by atoms with Crippen LogP contribution in [0.4, 0.5) is 8.78 Å². The molecule has 3 aromatic rings. The molecule has 0 fully saturated rings. The number of amides is 2. The van der Waals surface area contributed by atoms with E-state index in [0.29, 0.717) is 16.7 Å². The van der Waals surface area contributed by atoms with E-state index in [9.17, 15) is 31.9 Å². The number of fused-ring (bicyclic) bond motifs is 1. The van der Waals surface area contributed by atoms with Crippen LogP contribution in [0.25, 0.3) is 0 Å². The number of carbonyl (C=O) groups is 2. The minimum atomic E-state index is -3.37. The third-order valence-electron chi connectivity index (χ3n) is 7.38. The number of hydrogen-bond donors (Lipinski definition) is 2. The quantitative estimate of drug-likeness (QED) is 0.361. The summed E-state index contributed by atoms with van der Waals surface area (Å²) in [7, 11) is -0.173. The summed E-state index contributed by atoms with van der Waals surface area (Å²) in [5.41, 5.74) is 3.97. The van der Waals surface area contributed by atoms with Gasteiger partial charge in [0.15, 0.2) is 9.84 Å².